The summed E-state index contributed by atoms with van der Waals surface area (Å²) in [7, 11) is 0. The molecule has 10 atom stereocenters. The van der Waals surface area contributed by atoms with Gasteiger partial charge in [-0.2, -0.15) is 0 Å². The molecule has 0 aromatic rings. The van der Waals surface area contributed by atoms with Crippen molar-refractivity contribution in [1.29, 1.82) is 0 Å². The van der Waals surface area contributed by atoms with Gasteiger partial charge < -0.3 is 14.6 Å². The lowest BCUT2D eigenvalue weighted by molar-refractivity contribution is -0.267. The standard InChI is InChI=1S/C14H21FN12O3/c1-5-7(21-25-17)3-8(22-26-18)13(12(5)28)30-14-11(23-27-19)10(15)6(2)9(29-14)4-20-24-16/h5-14,28H,3-4H2,1-2H3. The van der Waals surface area contributed by atoms with E-state index in [0.717, 1.165) is 0 Å². The number of halogens is 1. The highest BCUT2D eigenvalue weighted by Gasteiger charge is 2.49. The van der Waals surface area contributed by atoms with Crippen LogP contribution in [-0.4, -0.2) is 60.6 Å². The van der Waals surface area contributed by atoms with Gasteiger partial charge in [0.05, 0.1) is 30.9 Å². The summed E-state index contributed by atoms with van der Waals surface area (Å²) in [5, 5.41) is 24.8. The van der Waals surface area contributed by atoms with Crippen LogP contribution in [0.15, 0.2) is 20.5 Å². The van der Waals surface area contributed by atoms with E-state index < -0.39 is 60.7 Å². The summed E-state index contributed by atoms with van der Waals surface area (Å²) >= 11 is 0. The van der Waals surface area contributed by atoms with Crippen LogP contribution in [0.5, 0.6) is 0 Å². The van der Waals surface area contributed by atoms with Crippen LogP contribution >= 0.6 is 0 Å². The summed E-state index contributed by atoms with van der Waals surface area (Å²) in [6.45, 7) is 2.97. The molecule has 15 nitrogen and oxygen atoms in total. The molecule has 16 heteroatoms. The fraction of sp³-hybridized carbons (Fsp3) is 1.00. The van der Waals surface area contributed by atoms with Crippen molar-refractivity contribution in [2.75, 3.05) is 6.54 Å². The van der Waals surface area contributed by atoms with Gasteiger partial charge in [0.2, 0.25) is 0 Å². The number of aliphatic hydroxyl groups excluding tert-OH is 1. The first-order valence-corrected chi connectivity index (χ1v) is 9.16. The van der Waals surface area contributed by atoms with Crippen LogP contribution in [0.2, 0.25) is 0 Å². The van der Waals surface area contributed by atoms with E-state index in [0.29, 0.717) is 0 Å². The minimum atomic E-state index is -1.68. The molecule has 2 rings (SSSR count). The second kappa shape index (κ2) is 10.7. The number of hydrogen-bond donors (Lipinski definition) is 1. The van der Waals surface area contributed by atoms with E-state index in [-0.39, 0.29) is 13.0 Å². The van der Waals surface area contributed by atoms with Crippen molar-refractivity contribution in [3.05, 3.63) is 41.8 Å². The average Bonchev–Trinajstić information content (AvgIpc) is 2.73. The highest BCUT2D eigenvalue weighted by molar-refractivity contribution is 5.00. The molecular formula is C14H21FN12O3. The molecule has 30 heavy (non-hydrogen) atoms. The van der Waals surface area contributed by atoms with Crippen molar-refractivity contribution in [3.8, 4) is 0 Å². The lowest BCUT2D eigenvalue weighted by Crippen LogP contribution is -2.58. The van der Waals surface area contributed by atoms with Crippen molar-refractivity contribution in [1.82, 2.24) is 0 Å². The number of rotatable bonds is 7. The van der Waals surface area contributed by atoms with Crippen molar-refractivity contribution >= 4 is 0 Å². The summed E-state index contributed by atoms with van der Waals surface area (Å²) in [5.41, 5.74) is 35.0. The summed E-state index contributed by atoms with van der Waals surface area (Å²) < 4.78 is 26.4. The molecule has 1 aliphatic heterocycles. The number of alkyl halides is 1. The van der Waals surface area contributed by atoms with Gasteiger partial charge in [0, 0.05) is 31.6 Å². The Kier molecular flexibility index (Phi) is 8.34. The molecule has 0 amide bonds. The van der Waals surface area contributed by atoms with E-state index in [1.807, 2.05) is 0 Å². The highest BCUT2D eigenvalue weighted by atomic mass is 19.1. The Morgan fingerprint density at radius 2 is 1.63 bits per heavy atom. The van der Waals surface area contributed by atoms with Crippen molar-refractivity contribution in [2.24, 2.45) is 32.3 Å². The molecule has 1 saturated carbocycles. The number of hydrogen-bond acceptors (Lipinski definition) is 7. The molecular weight excluding hydrogens is 403 g/mol. The van der Waals surface area contributed by atoms with Gasteiger partial charge in [0.25, 0.3) is 0 Å². The van der Waals surface area contributed by atoms with Crippen LogP contribution in [-0.2, 0) is 9.47 Å². The third-order valence-corrected chi connectivity index (χ3v) is 5.55. The second-order valence-electron chi connectivity index (χ2n) is 7.19. The maximum Gasteiger partial charge on any atom is 0.169 e. The zero-order valence-electron chi connectivity index (χ0n) is 16.2. The fourth-order valence-corrected chi connectivity index (χ4v) is 3.73. The van der Waals surface area contributed by atoms with Crippen LogP contribution < -0.4 is 0 Å². The van der Waals surface area contributed by atoms with Crippen LogP contribution in [0.3, 0.4) is 0 Å². The number of azide groups is 4. The predicted molar refractivity (Wildman–Crippen MR) is 100 cm³/mol. The van der Waals surface area contributed by atoms with Gasteiger partial charge >= 0.3 is 0 Å². The van der Waals surface area contributed by atoms with Gasteiger partial charge in [0.15, 0.2) is 6.29 Å². The molecule has 1 aliphatic carbocycles. The lowest BCUT2D eigenvalue weighted by Gasteiger charge is -2.45. The van der Waals surface area contributed by atoms with Crippen LogP contribution in [0, 0.1) is 11.8 Å². The lowest BCUT2D eigenvalue weighted by atomic mass is 9.79. The van der Waals surface area contributed by atoms with Gasteiger partial charge in [-0.1, -0.05) is 34.3 Å². The first-order valence-electron chi connectivity index (χ1n) is 9.16. The summed E-state index contributed by atoms with van der Waals surface area (Å²) in [5.74, 6) is -1.32. The van der Waals surface area contributed by atoms with E-state index in [4.69, 9.17) is 31.6 Å². The smallest absolute Gasteiger partial charge is 0.169 e. The average molecular weight is 424 g/mol. The molecule has 0 bridgehead atoms. The predicted octanol–water partition coefficient (Wildman–Crippen LogP) is 3.82. The van der Waals surface area contributed by atoms with E-state index in [1.165, 1.54) is 6.92 Å². The quantitative estimate of drug-likeness (QED) is 0.364. The zero-order chi connectivity index (χ0) is 22.3. The summed E-state index contributed by atoms with van der Waals surface area (Å²) in [4.78, 5) is 10.8. The van der Waals surface area contributed by atoms with Crippen LogP contribution in [0.1, 0.15) is 20.3 Å². The Morgan fingerprint density at radius 3 is 2.23 bits per heavy atom. The minimum Gasteiger partial charge on any atom is -0.390 e. The molecule has 0 aromatic carbocycles. The Labute approximate surface area is 169 Å². The van der Waals surface area contributed by atoms with Crippen molar-refractivity contribution in [2.45, 2.75) is 69.2 Å². The van der Waals surface area contributed by atoms with Gasteiger partial charge in [-0.3, -0.25) is 0 Å². The second-order valence-corrected chi connectivity index (χ2v) is 7.19. The van der Waals surface area contributed by atoms with Crippen molar-refractivity contribution in [3.63, 3.8) is 0 Å². The monoisotopic (exact) mass is 424 g/mol. The normalized spacial score (nSPS) is 40.7. The highest BCUT2D eigenvalue weighted by Crippen LogP contribution is 2.36. The van der Waals surface area contributed by atoms with Gasteiger partial charge in [-0.15, -0.1) is 0 Å². The first kappa shape index (κ1) is 23.3. The summed E-state index contributed by atoms with van der Waals surface area (Å²) in [6.07, 6.45) is -6.25. The third kappa shape index (κ3) is 4.96. The largest absolute Gasteiger partial charge is 0.390 e. The minimum absolute atomic E-state index is 0.0908. The molecule has 162 valence electrons. The van der Waals surface area contributed by atoms with Gasteiger partial charge in [0.1, 0.15) is 12.2 Å². The number of nitrogens with zero attached hydrogens (tertiary/aromatic N) is 12. The molecule has 1 N–H and O–H groups in total. The van der Waals surface area contributed by atoms with Crippen LogP contribution in [0.4, 0.5) is 4.39 Å². The molecule has 0 aromatic heterocycles. The van der Waals surface area contributed by atoms with Crippen molar-refractivity contribution < 1.29 is 19.0 Å². The number of aliphatic hydroxyl groups is 1. The van der Waals surface area contributed by atoms with E-state index in [1.54, 1.807) is 6.92 Å². The Morgan fingerprint density at radius 1 is 1.00 bits per heavy atom. The molecule has 1 saturated heterocycles. The van der Waals surface area contributed by atoms with E-state index in [9.17, 15) is 9.50 Å². The van der Waals surface area contributed by atoms with Gasteiger partial charge in [-0.05, 0) is 34.5 Å². The Balaban J connectivity index is 2.33. The summed E-state index contributed by atoms with van der Waals surface area (Å²) in [6, 6.07) is -2.97. The Hall–Kier alpha value is -2.95. The number of ether oxygens (including phenoxy) is 2. The topological polar surface area (TPSA) is 234 Å². The third-order valence-electron chi connectivity index (χ3n) is 5.55. The molecule has 0 spiro atoms. The fourth-order valence-electron chi connectivity index (χ4n) is 3.73. The maximum atomic E-state index is 14.9. The molecule has 10 unspecified atom stereocenters. The van der Waals surface area contributed by atoms with Gasteiger partial charge in [-0.25, -0.2) is 4.39 Å². The maximum absolute atomic E-state index is 14.9. The molecule has 2 fully saturated rings. The van der Waals surface area contributed by atoms with E-state index >= 15 is 0 Å². The zero-order valence-corrected chi connectivity index (χ0v) is 16.2. The SMILES string of the molecule is CC1C(N=[N+]=[N-])CC(N=[N+]=[N-])C(OC2OC(CN=[N+]=[N-])C(C)C(F)C2N=[N+]=[N-])C1O. The van der Waals surface area contributed by atoms with Crippen LogP contribution in [0.25, 0.3) is 41.8 Å². The molecule has 2 aliphatic rings. The first-order chi connectivity index (χ1) is 14.4. The van der Waals surface area contributed by atoms with E-state index in [2.05, 4.69) is 40.1 Å². The Bertz CT molecular complexity index is 802. The molecule has 0 radical (unpaired) electrons. The molecule has 1 heterocycles.